The van der Waals surface area contributed by atoms with Gasteiger partial charge in [0, 0.05) is 30.0 Å². The molecule has 1 aromatic carbocycles. The Balaban J connectivity index is 1.52. The van der Waals surface area contributed by atoms with Gasteiger partial charge in [-0.2, -0.15) is 0 Å². The Morgan fingerprint density at radius 3 is 2.22 bits per heavy atom. The molecule has 0 bridgehead atoms. The number of benzene rings is 1. The second-order valence-electron chi connectivity index (χ2n) is 7.27. The molecule has 1 aromatic heterocycles. The molecule has 0 aliphatic carbocycles. The number of hydrogen-bond donors (Lipinski definition) is 1. The molecule has 2 aromatic rings. The Hall–Kier alpha value is -2.76. The number of aryl methyl sites for hydroxylation is 2. The summed E-state index contributed by atoms with van der Waals surface area (Å²) >= 11 is 0. The topological polar surface area (TPSA) is 63.6 Å². The number of carbonyl (C=O) groups is 2. The normalized spacial score (nSPS) is 14.9. The summed E-state index contributed by atoms with van der Waals surface area (Å²) in [5, 5.41) is 0. The van der Waals surface area contributed by atoms with E-state index in [1.165, 1.54) is 0 Å². The van der Waals surface area contributed by atoms with Crippen LogP contribution in [0, 0.1) is 19.8 Å². The molecule has 0 unspecified atom stereocenters. The van der Waals surface area contributed by atoms with Gasteiger partial charge >= 0.3 is 0 Å². The minimum atomic E-state index is -0.192. The maximum absolute atomic E-state index is 12.4. The first-order chi connectivity index (χ1) is 12.9. The number of likely N-dealkylation sites (tertiary alicyclic amines) is 1. The summed E-state index contributed by atoms with van der Waals surface area (Å²) in [5.74, 6) is 1.09. The summed E-state index contributed by atoms with van der Waals surface area (Å²) in [4.78, 5) is 26.5. The van der Waals surface area contributed by atoms with Crippen LogP contribution in [0.25, 0.3) is 0 Å². The minimum absolute atomic E-state index is 0.0160. The lowest BCUT2D eigenvalue weighted by atomic mass is 9.99. The summed E-state index contributed by atoms with van der Waals surface area (Å²) < 4.78 is 7.35. The van der Waals surface area contributed by atoms with E-state index in [4.69, 9.17) is 4.74 Å². The van der Waals surface area contributed by atoms with Crippen molar-refractivity contribution in [1.82, 2.24) is 9.58 Å². The van der Waals surface area contributed by atoms with Crippen LogP contribution in [0.3, 0.4) is 0 Å². The Labute approximate surface area is 160 Å². The molecule has 2 heterocycles. The SMILES string of the molecule is Cc1ccc(C)n1NC(=O)c1ccc(OCC(=O)N2CCC(C)CC2)cc1. The first-order valence-electron chi connectivity index (χ1n) is 9.41. The zero-order valence-corrected chi connectivity index (χ0v) is 16.2. The van der Waals surface area contributed by atoms with Crippen molar-refractivity contribution in [2.45, 2.75) is 33.6 Å². The van der Waals surface area contributed by atoms with Gasteiger partial charge < -0.3 is 9.64 Å². The van der Waals surface area contributed by atoms with Crippen LogP contribution in [-0.4, -0.2) is 41.1 Å². The van der Waals surface area contributed by atoms with Crippen LogP contribution < -0.4 is 10.2 Å². The van der Waals surface area contributed by atoms with Gasteiger partial charge in [-0.25, -0.2) is 0 Å². The fourth-order valence-electron chi connectivity index (χ4n) is 3.21. The number of carbonyl (C=O) groups excluding carboxylic acids is 2. The van der Waals surface area contributed by atoms with E-state index >= 15 is 0 Å². The Morgan fingerprint density at radius 1 is 1.04 bits per heavy atom. The summed E-state index contributed by atoms with van der Waals surface area (Å²) in [7, 11) is 0. The fraction of sp³-hybridized carbons (Fsp3) is 0.429. The first-order valence-corrected chi connectivity index (χ1v) is 9.41. The number of nitrogens with one attached hydrogen (secondary N) is 1. The van der Waals surface area contributed by atoms with E-state index in [0.717, 1.165) is 37.3 Å². The molecule has 1 saturated heterocycles. The lowest BCUT2D eigenvalue weighted by molar-refractivity contribution is -0.134. The summed E-state index contributed by atoms with van der Waals surface area (Å²) in [6.07, 6.45) is 2.10. The van der Waals surface area contributed by atoms with E-state index in [0.29, 0.717) is 17.2 Å². The second-order valence-corrected chi connectivity index (χ2v) is 7.27. The number of hydrogen-bond acceptors (Lipinski definition) is 3. The number of aromatic nitrogens is 1. The van der Waals surface area contributed by atoms with Crippen molar-refractivity contribution < 1.29 is 14.3 Å². The van der Waals surface area contributed by atoms with E-state index in [1.807, 2.05) is 30.9 Å². The first kappa shape index (κ1) is 19.0. The van der Waals surface area contributed by atoms with Crippen LogP contribution in [0.4, 0.5) is 0 Å². The van der Waals surface area contributed by atoms with Crippen LogP contribution in [-0.2, 0) is 4.79 Å². The van der Waals surface area contributed by atoms with Gasteiger partial charge in [0.15, 0.2) is 6.61 Å². The highest BCUT2D eigenvalue weighted by Crippen LogP contribution is 2.17. The van der Waals surface area contributed by atoms with Crippen molar-refractivity contribution in [2.24, 2.45) is 5.92 Å². The molecule has 3 rings (SSSR count). The van der Waals surface area contributed by atoms with Gasteiger partial charge in [0.05, 0.1) is 0 Å². The maximum atomic E-state index is 12.4. The molecule has 6 heteroatoms. The summed E-state index contributed by atoms with van der Waals surface area (Å²) in [6, 6.07) is 10.7. The highest BCUT2D eigenvalue weighted by Gasteiger charge is 2.20. The monoisotopic (exact) mass is 369 g/mol. The fourth-order valence-corrected chi connectivity index (χ4v) is 3.21. The van der Waals surface area contributed by atoms with Crippen LogP contribution in [0.5, 0.6) is 5.75 Å². The Bertz CT molecular complexity index is 783. The summed E-state index contributed by atoms with van der Waals surface area (Å²) in [6.45, 7) is 7.73. The zero-order chi connectivity index (χ0) is 19.4. The molecule has 27 heavy (non-hydrogen) atoms. The Morgan fingerprint density at radius 2 is 1.63 bits per heavy atom. The van der Waals surface area contributed by atoms with Gasteiger partial charge in [-0.3, -0.25) is 19.7 Å². The predicted octanol–water partition coefficient (Wildman–Crippen LogP) is 3.13. The average Bonchev–Trinajstić information content (AvgIpc) is 2.99. The van der Waals surface area contributed by atoms with Crippen LogP contribution in [0.15, 0.2) is 36.4 Å². The summed E-state index contributed by atoms with van der Waals surface area (Å²) in [5.41, 5.74) is 5.33. The highest BCUT2D eigenvalue weighted by atomic mass is 16.5. The molecule has 0 atom stereocenters. The second kappa shape index (κ2) is 8.29. The maximum Gasteiger partial charge on any atom is 0.270 e. The van der Waals surface area contributed by atoms with E-state index in [-0.39, 0.29) is 18.4 Å². The van der Waals surface area contributed by atoms with E-state index in [1.54, 1.807) is 28.9 Å². The molecule has 144 valence electrons. The molecule has 1 aliphatic rings. The van der Waals surface area contributed by atoms with Gasteiger partial charge in [-0.1, -0.05) is 6.92 Å². The average molecular weight is 369 g/mol. The molecule has 0 spiro atoms. The lowest BCUT2D eigenvalue weighted by Crippen LogP contribution is -2.40. The molecule has 0 radical (unpaired) electrons. The highest BCUT2D eigenvalue weighted by molar-refractivity contribution is 6.00. The van der Waals surface area contributed by atoms with Crippen LogP contribution >= 0.6 is 0 Å². The number of piperidine rings is 1. The number of nitrogens with zero attached hydrogens (tertiary/aromatic N) is 2. The van der Waals surface area contributed by atoms with Crippen LogP contribution in [0.2, 0.25) is 0 Å². The quantitative estimate of drug-likeness (QED) is 0.881. The van der Waals surface area contributed by atoms with Gasteiger partial charge in [-0.05, 0) is 69.0 Å². The van der Waals surface area contributed by atoms with Gasteiger partial charge in [-0.15, -0.1) is 0 Å². The molecule has 0 saturated carbocycles. The van der Waals surface area contributed by atoms with Crippen molar-refractivity contribution in [3.05, 3.63) is 53.3 Å². The largest absolute Gasteiger partial charge is 0.484 e. The van der Waals surface area contributed by atoms with Gasteiger partial charge in [0.1, 0.15) is 5.75 Å². The lowest BCUT2D eigenvalue weighted by Gasteiger charge is -2.30. The van der Waals surface area contributed by atoms with E-state index in [2.05, 4.69) is 12.3 Å². The molecule has 1 fully saturated rings. The van der Waals surface area contributed by atoms with Crippen molar-refractivity contribution >= 4 is 11.8 Å². The van der Waals surface area contributed by atoms with Crippen molar-refractivity contribution in [2.75, 3.05) is 25.1 Å². The number of amides is 2. The third-order valence-corrected chi connectivity index (χ3v) is 5.10. The van der Waals surface area contributed by atoms with Crippen molar-refractivity contribution in [3.8, 4) is 5.75 Å². The molecule has 6 nitrogen and oxygen atoms in total. The van der Waals surface area contributed by atoms with Crippen molar-refractivity contribution in [1.29, 1.82) is 0 Å². The minimum Gasteiger partial charge on any atom is -0.484 e. The van der Waals surface area contributed by atoms with E-state index in [9.17, 15) is 9.59 Å². The molecular weight excluding hydrogens is 342 g/mol. The standard InChI is InChI=1S/C21H27N3O3/c1-15-10-12-23(13-11-15)20(25)14-27-19-8-6-18(7-9-19)21(26)22-24-16(2)4-5-17(24)3/h4-9,15H,10-14H2,1-3H3,(H,22,26). The molecule has 2 amide bonds. The molecular formula is C21H27N3O3. The van der Waals surface area contributed by atoms with Gasteiger partial charge in [0.25, 0.3) is 11.8 Å². The smallest absolute Gasteiger partial charge is 0.270 e. The van der Waals surface area contributed by atoms with Crippen LogP contribution in [0.1, 0.15) is 41.5 Å². The Kier molecular flexibility index (Phi) is 5.84. The third-order valence-electron chi connectivity index (χ3n) is 5.10. The number of ether oxygens (including phenoxy) is 1. The van der Waals surface area contributed by atoms with E-state index < -0.39 is 0 Å². The van der Waals surface area contributed by atoms with Gasteiger partial charge in [0.2, 0.25) is 0 Å². The molecule has 1 N–H and O–H groups in total. The zero-order valence-electron chi connectivity index (χ0n) is 16.2. The molecule has 1 aliphatic heterocycles. The predicted molar refractivity (Wildman–Crippen MR) is 105 cm³/mol. The van der Waals surface area contributed by atoms with Crippen molar-refractivity contribution in [3.63, 3.8) is 0 Å². The number of rotatable bonds is 5. The third kappa shape index (κ3) is 4.70.